The topological polar surface area (TPSA) is 26.3 Å². The number of carbonyl (C=O) groups excluding carboxylic acids is 1. The van der Waals surface area contributed by atoms with Crippen molar-refractivity contribution in [2.45, 2.75) is 26.2 Å². The van der Waals surface area contributed by atoms with Gasteiger partial charge in [0.2, 0.25) is 0 Å². The zero-order chi connectivity index (χ0) is 15.7. The van der Waals surface area contributed by atoms with Gasteiger partial charge in [-0.25, -0.2) is 9.18 Å². The van der Waals surface area contributed by atoms with Crippen LogP contribution in [0.3, 0.4) is 0 Å². The lowest BCUT2D eigenvalue weighted by molar-refractivity contribution is -0.130. The third-order valence-corrected chi connectivity index (χ3v) is 3.91. The third kappa shape index (κ3) is 2.80. The highest BCUT2D eigenvalue weighted by Crippen LogP contribution is 2.31. The Labute approximate surface area is 129 Å². The predicted molar refractivity (Wildman–Crippen MR) is 84.3 cm³/mol. The Morgan fingerprint density at radius 3 is 2.64 bits per heavy atom. The fourth-order valence-electron chi connectivity index (χ4n) is 2.73. The van der Waals surface area contributed by atoms with Gasteiger partial charge < -0.3 is 4.74 Å². The molecule has 0 bridgehead atoms. The first-order valence-corrected chi connectivity index (χ1v) is 7.34. The van der Waals surface area contributed by atoms with Crippen LogP contribution in [0.4, 0.5) is 4.39 Å². The standard InChI is InChI=1S/C19H17FO2/c1-12(2)19(21)22-16-8-9-17(18(20)11-16)15-7-6-13-4-3-5-14(13)10-15/h6-11H,1,3-5H2,2H3. The Bertz CT molecular complexity index is 762. The Balaban J connectivity index is 1.89. The molecule has 0 N–H and O–H groups in total. The molecule has 0 heterocycles. The summed E-state index contributed by atoms with van der Waals surface area (Å²) in [6, 6.07) is 10.6. The second-order valence-electron chi connectivity index (χ2n) is 5.65. The van der Waals surface area contributed by atoms with Gasteiger partial charge in [-0.15, -0.1) is 0 Å². The number of esters is 1. The van der Waals surface area contributed by atoms with E-state index in [0.717, 1.165) is 24.8 Å². The molecule has 0 fully saturated rings. The second-order valence-corrected chi connectivity index (χ2v) is 5.65. The van der Waals surface area contributed by atoms with E-state index >= 15 is 0 Å². The van der Waals surface area contributed by atoms with Gasteiger partial charge in [0.15, 0.2) is 0 Å². The van der Waals surface area contributed by atoms with Gasteiger partial charge >= 0.3 is 5.97 Å². The van der Waals surface area contributed by atoms with Crippen molar-refractivity contribution in [2.75, 3.05) is 0 Å². The summed E-state index contributed by atoms with van der Waals surface area (Å²) in [7, 11) is 0. The van der Waals surface area contributed by atoms with Crippen molar-refractivity contribution in [3.63, 3.8) is 0 Å². The van der Waals surface area contributed by atoms with Crippen molar-refractivity contribution < 1.29 is 13.9 Å². The van der Waals surface area contributed by atoms with Crippen molar-refractivity contribution in [1.82, 2.24) is 0 Å². The van der Waals surface area contributed by atoms with Crippen LogP contribution in [0.25, 0.3) is 11.1 Å². The van der Waals surface area contributed by atoms with Crippen LogP contribution in [-0.2, 0) is 17.6 Å². The molecule has 1 aliphatic rings. The molecular weight excluding hydrogens is 279 g/mol. The fourth-order valence-corrected chi connectivity index (χ4v) is 2.73. The van der Waals surface area contributed by atoms with Gasteiger partial charge in [-0.2, -0.15) is 0 Å². The first-order chi connectivity index (χ1) is 10.5. The van der Waals surface area contributed by atoms with Gasteiger partial charge in [-0.1, -0.05) is 24.8 Å². The first kappa shape index (κ1) is 14.5. The van der Waals surface area contributed by atoms with E-state index in [1.807, 2.05) is 6.07 Å². The van der Waals surface area contributed by atoms with Gasteiger partial charge in [-0.05, 0) is 55.0 Å². The van der Waals surface area contributed by atoms with Gasteiger partial charge in [0.05, 0.1) is 0 Å². The molecule has 112 valence electrons. The average Bonchev–Trinajstić information content (AvgIpc) is 2.94. The summed E-state index contributed by atoms with van der Waals surface area (Å²) in [5, 5.41) is 0. The van der Waals surface area contributed by atoms with E-state index in [4.69, 9.17) is 4.74 Å². The van der Waals surface area contributed by atoms with Crippen LogP contribution >= 0.6 is 0 Å². The number of hydrogen-bond acceptors (Lipinski definition) is 2. The largest absolute Gasteiger partial charge is 0.423 e. The minimum Gasteiger partial charge on any atom is -0.423 e. The molecule has 0 saturated heterocycles. The number of carbonyl (C=O) groups is 1. The Morgan fingerprint density at radius 1 is 1.14 bits per heavy atom. The molecule has 0 radical (unpaired) electrons. The Morgan fingerprint density at radius 2 is 1.91 bits per heavy atom. The molecule has 0 saturated carbocycles. The lowest BCUT2D eigenvalue weighted by Gasteiger charge is -2.09. The summed E-state index contributed by atoms with van der Waals surface area (Å²) < 4.78 is 19.4. The van der Waals surface area contributed by atoms with Crippen molar-refractivity contribution in [2.24, 2.45) is 0 Å². The van der Waals surface area contributed by atoms with Crippen LogP contribution < -0.4 is 4.74 Å². The molecule has 22 heavy (non-hydrogen) atoms. The van der Waals surface area contributed by atoms with Gasteiger partial charge in [0.25, 0.3) is 0 Å². The van der Waals surface area contributed by atoms with Crippen LogP contribution in [0.5, 0.6) is 5.75 Å². The number of aryl methyl sites for hydroxylation is 2. The average molecular weight is 296 g/mol. The molecule has 0 atom stereocenters. The summed E-state index contributed by atoms with van der Waals surface area (Å²) in [6.45, 7) is 5.06. The molecule has 2 aromatic rings. The predicted octanol–water partition coefficient (Wildman–Crippen LogP) is 4.46. The molecule has 3 heteroatoms. The van der Waals surface area contributed by atoms with Crippen LogP contribution in [0.15, 0.2) is 48.6 Å². The van der Waals surface area contributed by atoms with Crippen LogP contribution in [0.1, 0.15) is 24.5 Å². The number of rotatable bonds is 3. The van der Waals surface area contributed by atoms with E-state index in [9.17, 15) is 9.18 Å². The Hall–Kier alpha value is -2.42. The maximum Gasteiger partial charge on any atom is 0.338 e. The molecule has 2 aromatic carbocycles. The zero-order valence-corrected chi connectivity index (χ0v) is 12.5. The molecule has 0 amide bonds. The van der Waals surface area contributed by atoms with E-state index < -0.39 is 11.8 Å². The number of benzene rings is 2. The molecular formula is C19H17FO2. The number of hydrogen-bond donors (Lipinski definition) is 0. The molecule has 0 aliphatic heterocycles. The van der Waals surface area contributed by atoms with Crippen molar-refractivity contribution >= 4 is 5.97 Å². The van der Waals surface area contributed by atoms with Crippen molar-refractivity contribution in [1.29, 1.82) is 0 Å². The highest BCUT2D eigenvalue weighted by atomic mass is 19.1. The highest BCUT2D eigenvalue weighted by molar-refractivity contribution is 5.88. The maximum absolute atomic E-state index is 14.3. The lowest BCUT2D eigenvalue weighted by atomic mass is 10.00. The monoisotopic (exact) mass is 296 g/mol. The molecule has 0 unspecified atom stereocenters. The number of ether oxygens (including phenoxy) is 1. The van der Waals surface area contributed by atoms with Crippen LogP contribution in [0.2, 0.25) is 0 Å². The second kappa shape index (κ2) is 5.76. The molecule has 1 aliphatic carbocycles. The van der Waals surface area contributed by atoms with Gasteiger partial charge in [0.1, 0.15) is 11.6 Å². The SMILES string of the molecule is C=C(C)C(=O)Oc1ccc(-c2ccc3c(c2)CCC3)c(F)c1. The van der Waals surface area contributed by atoms with E-state index in [1.54, 1.807) is 19.1 Å². The number of fused-ring (bicyclic) bond motifs is 1. The zero-order valence-electron chi connectivity index (χ0n) is 12.5. The Kier molecular flexibility index (Phi) is 3.80. The summed E-state index contributed by atoms with van der Waals surface area (Å²) in [5.41, 5.74) is 4.31. The van der Waals surface area contributed by atoms with Crippen molar-refractivity contribution in [3.8, 4) is 16.9 Å². The molecule has 0 aromatic heterocycles. The van der Waals surface area contributed by atoms with Gasteiger partial charge in [-0.3, -0.25) is 0 Å². The summed E-state index contributed by atoms with van der Waals surface area (Å²) in [4.78, 5) is 11.5. The van der Waals surface area contributed by atoms with E-state index in [0.29, 0.717) is 5.56 Å². The number of halogens is 1. The van der Waals surface area contributed by atoms with Crippen LogP contribution in [0, 0.1) is 5.82 Å². The smallest absolute Gasteiger partial charge is 0.338 e. The van der Waals surface area contributed by atoms with Crippen LogP contribution in [-0.4, -0.2) is 5.97 Å². The third-order valence-electron chi connectivity index (χ3n) is 3.91. The van der Waals surface area contributed by atoms with Crippen molar-refractivity contribution in [3.05, 3.63) is 65.5 Å². The normalized spacial score (nSPS) is 12.8. The summed E-state index contributed by atoms with van der Waals surface area (Å²) in [5.74, 6) is -0.759. The molecule has 0 spiro atoms. The fraction of sp³-hybridized carbons (Fsp3) is 0.211. The van der Waals surface area contributed by atoms with E-state index in [-0.39, 0.29) is 11.3 Å². The minimum absolute atomic E-state index is 0.190. The minimum atomic E-state index is -0.551. The molecule has 2 nitrogen and oxygen atoms in total. The maximum atomic E-state index is 14.3. The summed E-state index contributed by atoms with van der Waals surface area (Å²) in [6.07, 6.45) is 3.32. The highest BCUT2D eigenvalue weighted by Gasteiger charge is 2.14. The lowest BCUT2D eigenvalue weighted by Crippen LogP contribution is -2.08. The first-order valence-electron chi connectivity index (χ1n) is 7.34. The van der Waals surface area contributed by atoms with E-state index in [2.05, 4.69) is 18.7 Å². The van der Waals surface area contributed by atoms with Gasteiger partial charge in [0, 0.05) is 17.2 Å². The van der Waals surface area contributed by atoms with E-state index in [1.165, 1.54) is 17.2 Å². The quantitative estimate of drug-likeness (QED) is 0.475. The summed E-state index contributed by atoms with van der Waals surface area (Å²) >= 11 is 0. The molecule has 3 rings (SSSR count).